The maximum atomic E-state index is 14.4. The van der Waals surface area contributed by atoms with Crippen molar-refractivity contribution in [2.24, 2.45) is 0 Å². The summed E-state index contributed by atoms with van der Waals surface area (Å²) in [4.78, 5) is 8.81. The SMILES string of the molecule is CC(C)(C)c1c(CBr)ccc(C(F)(F)O[PH](=O)O)c1C(C)(C)C. The van der Waals surface area contributed by atoms with Gasteiger partial charge in [0.2, 0.25) is 0 Å². The predicted octanol–water partition coefficient (Wildman–Crippen LogP) is 5.62. The van der Waals surface area contributed by atoms with E-state index < -0.39 is 19.8 Å². The standard InChI is InChI=1S/C16H24BrF2O3P/c1-14(2,3)12-10(9-17)7-8-11(13(12)15(4,5)6)16(18,19)22-23(20)21/h7-8,23H,9H2,1-6H3,(H,20,21). The van der Waals surface area contributed by atoms with Gasteiger partial charge >= 0.3 is 14.4 Å². The Morgan fingerprint density at radius 2 is 1.57 bits per heavy atom. The molecule has 23 heavy (non-hydrogen) atoms. The molecule has 0 aliphatic heterocycles. The van der Waals surface area contributed by atoms with Crippen LogP contribution >= 0.6 is 24.2 Å². The summed E-state index contributed by atoms with van der Waals surface area (Å²) in [7, 11) is -3.77. The fourth-order valence-corrected chi connectivity index (χ4v) is 3.60. The predicted molar refractivity (Wildman–Crippen MR) is 92.7 cm³/mol. The second-order valence-corrected chi connectivity index (χ2v) is 8.84. The van der Waals surface area contributed by atoms with E-state index in [1.165, 1.54) is 6.07 Å². The van der Waals surface area contributed by atoms with Crippen molar-refractivity contribution in [3.8, 4) is 0 Å². The van der Waals surface area contributed by atoms with Gasteiger partial charge in [-0.25, -0.2) is 4.52 Å². The Balaban J connectivity index is 3.84. The summed E-state index contributed by atoms with van der Waals surface area (Å²) in [5, 5.41) is 0.534. The Bertz CT molecular complexity index is 605. The maximum Gasteiger partial charge on any atom is 0.390 e. The van der Waals surface area contributed by atoms with Gasteiger partial charge < -0.3 is 4.89 Å². The molecular weight excluding hydrogens is 389 g/mol. The molecule has 0 heterocycles. The Hall–Kier alpha value is -0.290. The molecule has 1 aromatic rings. The fraction of sp³-hybridized carbons (Fsp3) is 0.625. The molecule has 1 N–H and O–H groups in total. The van der Waals surface area contributed by atoms with E-state index in [0.29, 0.717) is 10.9 Å². The lowest BCUT2D eigenvalue weighted by Gasteiger charge is -2.35. The first-order valence-electron chi connectivity index (χ1n) is 7.25. The van der Waals surface area contributed by atoms with Crippen LogP contribution in [0.3, 0.4) is 0 Å². The van der Waals surface area contributed by atoms with Crippen LogP contribution in [0.4, 0.5) is 8.78 Å². The highest BCUT2D eigenvalue weighted by Gasteiger charge is 2.42. The van der Waals surface area contributed by atoms with Crippen molar-refractivity contribution >= 4 is 24.2 Å². The average Bonchev–Trinajstić information content (AvgIpc) is 2.33. The summed E-state index contributed by atoms with van der Waals surface area (Å²) in [6.45, 7) is 11.4. The molecule has 0 saturated heterocycles. The number of rotatable bonds is 4. The van der Waals surface area contributed by atoms with Gasteiger partial charge in [0.25, 0.3) is 0 Å². The number of alkyl halides is 3. The molecule has 0 saturated carbocycles. The minimum absolute atomic E-state index is 0.355. The first kappa shape index (κ1) is 20.8. The number of hydrogen-bond donors (Lipinski definition) is 1. The average molecular weight is 413 g/mol. The molecule has 0 spiro atoms. The van der Waals surface area contributed by atoms with Gasteiger partial charge in [-0.05, 0) is 33.6 Å². The van der Waals surface area contributed by atoms with Crippen LogP contribution in [-0.4, -0.2) is 4.89 Å². The van der Waals surface area contributed by atoms with Crippen molar-refractivity contribution < 1.29 is 22.8 Å². The minimum atomic E-state index is -3.82. The minimum Gasteiger partial charge on any atom is -0.326 e. The quantitative estimate of drug-likeness (QED) is 0.515. The summed E-state index contributed by atoms with van der Waals surface area (Å²) in [6, 6.07) is 2.91. The van der Waals surface area contributed by atoms with E-state index in [-0.39, 0.29) is 11.0 Å². The van der Waals surface area contributed by atoms with Gasteiger partial charge in [-0.1, -0.05) is 63.5 Å². The van der Waals surface area contributed by atoms with Crippen molar-refractivity contribution in [1.29, 1.82) is 0 Å². The normalized spacial score (nSPS) is 14.9. The van der Waals surface area contributed by atoms with Crippen LogP contribution < -0.4 is 0 Å². The molecule has 1 unspecified atom stereocenters. The first-order valence-corrected chi connectivity index (χ1v) is 9.63. The van der Waals surface area contributed by atoms with Gasteiger partial charge in [-0.2, -0.15) is 8.78 Å². The summed E-state index contributed by atoms with van der Waals surface area (Å²) >= 11 is 3.41. The highest BCUT2D eigenvalue weighted by molar-refractivity contribution is 9.08. The van der Waals surface area contributed by atoms with E-state index in [0.717, 1.165) is 11.1 Å². The van der Waals surface area contributed by atoms with Crippen molar-refractivity contribution in [2.75, 3.05) is 0 Å². The van der Waals surface area contributed by atoms with Crippen molar-refractivity contribution in [1.82, 2.24) is 0 Å². The van der Waals surface area contributed by atoms with Crippen molar-refractivity contribution in [3.05, 3.63) is 34.4 Å². The third-order valence-electron chi connectivity index (χ3n) is 3.46. The zero-order chi connectivity index (χ0) is 18.2. The second kappa shape index (κ2) is 6.91. The van der Waals surface area contributed by atoms with E-state index in [1.807, 2.05) is 41.5 Å². The number of hydrogen-bond acceptors (Lipinski definition) is 2. The molecule has 3 nitrogen and oxygen atoms in total. The zero-order valence-electron chi connectivity index (χ0n) is 14.3. The summed E-state index contributed by atoms with van der Waals surface area (Å²) in [6.07, 6.45) is -3.82. The molecule has 0 fully saturated rings. The molecule has 0 radical (unpaired) electrons. The van der Waals surface area contributed by atoms with Gasteiger partial charge in [0, 0.05) is 5.33 Å². The van der Waals surface area contributed by atoms with Crippen LogP contribution in [0.5, 0.6) is 0 Å². The Morgan fingerprint density at radius 1 is 1.09 bits per heavy atom. The molecule has 0 aliphatic rings. The van der Waals surface area contributed by atoms with Gasteiger partial charge in [-0.3, -0.25) is 4.57 Å². The van der Waals surface area contributed by atoms with E-state index in [1.54, 1.807) is 6.07 Å². The van der Waals surface area contributed by atoms with Crippen LogP contribution in [0.2, 0.25) is 0 Å². The summed E-state index contributed by atoms with van der Waals surface area (Å²) in [5.41, 5.74) is 0.859. The highest BCUT2D eigenvalue weighted by atomic mass is 79.9. The first-order chi connectivity index (χ1) is 10.2. The van der Waals surface area contributed by atoms with E-state index in [4.69, 9.17) is 4.89 Å². The molecule has 1 aromatic carbocycles. The molecular formula is C16H24BrF2O3P. The number of halogens is 3. The third-order valence-corrected chi connectivity index (χ3v) is 4.50. The largest absolute Gasteiger partial charge is 0.390 e. The van der Waals surface area contributed by atoms with Crippen LogP contribution in [0, 0.1) is 0 Å². The Morgan fingerprint density at radius 3 is 1.91 bits per heavy atom. The number of benzene rings is 1. The smallest absolute Gasteiger partial charge is 0.326 e. The molecule has 1 atom stereocenters. The second-order valence-electron chi connectivity index (χ2n) is 7.54. The maximum absolute atomic E-state index is 14.4. The van der Waals surface area contributed by atoms with E-state index in [2.05, 4.69) is 20.5 Å². The van der Waals surface area contributed by atoms with Gasteiger partial charge in [0.15, 0.2) is 0 Å². The topological polar surface area (TPSA) is 46.5 Å². The van der Waals surface area contributed by atoms with E-state index in [9.17, 15) is 13.3 Å². The lowest BCUT2D eigenvalue weighted by atomic mass is 9.71. The van der Waals surface area contributed by atoms with Crippen molar-refractivity contribution in [2.45, 2.75) is 63.8 Å². The molecule has 0 amide bonds. The lowest BCUT2D eigenvalue weighted by molar-refractivity contribution is -0.186. The Labute approximate surface area is 145 Å². The lowest BCUT2D eigenvalue weighted by Crippen LogP contribution is -2.29. The van der Waals surface area contributed by atoms with Gasteiger partial charge in [0.1, 0.15) is 0 Å². The summed E-state index contributed by atoms with van der Waals surface area (Å²) in [5.74, 6) is 0. The fourth-order valence-electron chi connectivity index (χ4n) is 2.80. The van der Waals surface area contributed by atoms with Crippen LogP contribution in [0.25, 0.3) is 0 Å². The Kier molecular flexibility index (Phi) is 6.23. The molecule has 0 bridgehead atoms. The van der Waals surface area contributed by atoms with Gasteiger partial charge in [0.05, 0.1) is 5.56 Å². The molecule has 0 aromatic heterocycles. The van der Waals surface area contributed by atoms with Crippen LogP contribution in [-0.2, 0) is 31.4 Å². The van der Waals surface area contributed by atoms with Crippen LogP contribution in [0.15, 0.2) is 12.1 Å². The van der Waals surface area contributed by atoms with Crippen molar-refractivity contribution in [3.63, 3.8) is 0 Å². The monoisotopic (exact) mass is 412 g/mol. The van der Waals surface area contributed by atoms with Crippen LogP contribution in [0.1, 0.15) is 63.8 Å². The zero-order valence-corrected chi connectivity index (χ0v) is 16.8. The molecule has 7 heteroatoms. The van der Waals surface area contributed by atoms with E-state index >= 15 is 0 Å². The molecule has 1 rings (SSSR count). The third kappa shape index (κ3) is 4.85. The summed E-state index contributed by atoms with van der Waals surface area (Å²) < 4.78 is 43.8. The van der Waals surface area contributed by atoms with Gasteiger partial charge in [-0.15, -0.1) is 0 Å². The molecule has 132 valence electrons. The highest BCUT2D eigenvalue weighted by Crippen LogP contribution is 2.46. The molecule has 0 aliphatic carbocycles.